The lowest BCUT2D eigenvalue weighted by molar-refractivity contribution is 0.0734. The summed E-state index contributed by atoms with van der Waals surface area (Å²) in [7, 11) is 3.29. The van der Waals surface area contributed by atoms with E-state index < -0.39 is 0 Å². The third-order valence-electron chi connectivity index (χ3n) is 5.31. The highest BCUT2D eigenvalue weighted by molar-refractivity contribution is 5.95. The lowest BCUT2D eigenvalue weighted by Gasteiger charge is -2.27. The molecule has 1 atom stereocenters. The van der Waals surface area contributed by atoms with Crippen LogP contribution < -0.4 is 9.47 Å². The number of hydrogen-bond acceptors (Lipinski definition) is 3. The average molecular weight is 376 g/mol. The molecule has 5 heteroatoms. The normalized spacial score (nSPS) is 16.2. The molecule has 1 aliphatic rings. The fourth-order valence-electron chi connectivity index (χ4n) is 3.90. The summed E-state index contributed by atoms with van der Waals surface area (Å²) in [6.07, 6.45) is 5.85. The van der Waals surface area contributed by atoms with Crippen LogP contribution in [0.15, 0.2) is 67.0 Å². The summed E-state index contributed by atoms with van der Waals surface area (Å²) in [6.45, 7) is 0.742. The van der Waals surface area contributed by atoms with E-state index >= 15 is 0 Å². The van der Waals surface area contributed by atoms with Gasteiger partial charge in [0.25, 0.3) is 5.91 Å². The molecule has 0 radical (unpaired) electrons. The molecule has 1 aliphatic heterocycles. The maximum absolute atomic E-state index is 13.3. The smallest absolute Gasteiger partial charge is 0.254 e. The number of benzene rings is 2. The van der Waals surface area contributed by atoms with E-state index in [-0.39, 0.29) is 11.9 Å². The van der Waals surface area contributed by atoms with Crippen LogP contribution in [0.1, 0.15) is 34.8 Å². The number of methoxy groups -OCH3 is 2. The van der Waals surface area contributed by atoms with E-state index in [0.29, 0.717) is 5.56 Å². The monoisotopic (exact) mass is 376 g/mol. The summed E-state index contributed by atoms with van der Waals surface area (Å²) >= 11 is 0. The van der Waals surface area contributed by atoms with Gasteiger partial charge in [0.15, 0.2) is 0 Å². The summed E-state index contributed by atoms with van der Waals surface area (Å²) in [4.78, 5) is 15.3. The van der Waals surface area contributed by atoms with Gasteiger partial charge in [-0.25, -0.2) is 0 Å². The van der Waals surface area contributed by atoms with Crippen LogP contribution in [-0.2, 0) is 0 Å². The number of carbonyl (C=O) groups is 1. The molecule has 1 aromatic heterocycles. The molecule has 0 aliphatic carbocycles. The van der Waals surface area contributed by atoms with Crippen LogP contribution in [0.3, 0.4) is 0 Å². The Hall–Kier alpha value is -3.21. The molecule has 3 aromatic rings. The first-order valence-corrected chi connectivity index (χ1v) is 9.47. The third kappa shape index (κ3) is 3.36. The van der Waals surface area contributed by atoms with Crippen LogP contribution in [0.5, 0.6) is 11.5 Å². The van der Waals surface area contributed by atoms with Crippen molar-refractivity contribution in [3.63, 3.8) is 0 Å². The Morgan fingerprint density at radius 3 is 2.57 bits per heavy atom. The van der Waals surface area contributed by atoms with Crippen molar-refractivity contribution in [3.05, 3.63) is 78.1 Å². The molecule has 0 saturated carbocycles. The van der Waals surface area contributed by atoms with Gasteiger partial charge in [-0.3, -0.25) is 4.79 Å². The van der Waals surface area contributed by atoms with Crippen molar-refractivity contribution >= 4 is 5.91 Å². The summed E-state index contributed by atoms with van der Waals surface area (Å²) in [5, 5.41) is 0. The molecule has 1 saturated heterocycles. The zero-order chi connectivity index (χ0) is 19.5. The number of carbonyl (C=O) groups excluding carboxylic acids is 1. The van der Waals surface area contributed by atoms with Crippen molar-refractivity contribution < 1.29 is 14.3 Å². The van der Waals surface area contributed by atoms with E-state index in [1.165, 1.54) is 0 Å². The minimum atomic E-state index is 0.00332. The second-order valence-corrected chi connectivity index (χ2v) is 6.91. The van der Waals surface area contributed by atoms with Gasteiger partial charge in [-0.1, -0.05) is 6.07 Å². The van der Waals surface area contributed by atoms with E-state index in [1.807, 2.05) is 76.5 Å². The Morgan fingerprint density at radius 1 is 1.00 bits per heavy atom. The predicted molar refractivity (Wildman–Crippen MR) is 108 cm³/mol. The number of aromatic nitrogens is 1. The molecule has 0 unspecified atom stereocenters. The first-order valence-electron chi connectivity index (χ1n) is 9.47. The Balaban J connectivity index is 1.64. The van der Waals surface area contributed by atoms with Gasteiger partial charge in [-0.05, 0) is 55.3 Å². The number of ether oxygens (including phenoxy) is 2. The van der Waals surface area contributed by atoms with E-state index in [2.05, 4.69) is 0 Å². The number of hydrogen-bond donors (Lipinski definition) is 0. The van der Waals surface area contributed by atoms with Gasteiger partial charge in [-0.15, -0.1) is 0 Å². The number of rotatable bonds is 5. The van der Waals surface area contributed by atoms with Crippen LogP contribution in [0.4, 0.5) is 0 Å². The van der Waals surface area contributed by atoms with E-state index in [1.54, 1.807) is 14.2 Å². The molecule has 0 spiro atoms. The lowest BCUT2D eigenvalue weighted by Crippen LogP contribution is -2.30. The molecular formula is C23H24N2O3. The van der Waals surface area contributed by atoms with Crippen molar-refractivity contribution in [2.45, 2.75) is 18.9 Å². The van der Waals surface area contributed by atoms with Crippen molar-refractivity contribution in [1.29, 1.82) is 0 Å². The largest absolute Gasteiger partial charge is 0.497 e. The highest BCUT2D eigenvalue weighted by Crippen LogP contribution is 2.39. The van der Waals surface area contributed by atoms with Crippen molar-refractivity contribution in [2.75, 3.05) is 20.8 Å². The lowest BCUT2D eigenvalue weighted by atomic mass is 10.0. The molecule has 2 heterocycles. The molecule has 0 N–H and O–H groups in total. The Morgan fingerprint density at radius 2 is 1.82 bits per heavy atom. The molecular weight excluding hydrogens is 352 g/mol. The minimum absolute atomic E-state index is 0.00332. The molecule has 4 rings (SSSR count). The Kier molecular flexibility index (Phi) is 5.06. The quantitative estimate of drug-likeness (QED) is 0.660. The van der Waals surface area contributed by atoms with Gasteiger partial charge in [-0.2, -0.15) is 0 Å². The minimum Gasteiger partial charge on any atom is -0.497 e. The van der Waals surface area contributed by atoms with E-state index in [4.69, 9.17) is 9.47 Å². The second-order valence-electron chi connectivity index (χ2n) is 6.91. The second kappa shape index (κ2) is 7.80. The van der Waals surface area contributed by atoms with Gasteiger partial charge >= 0.3 is 0 Å². The SMILES string of the molecule is COc1ccc([C@H]2CCCN2C(=O)c2cccc(-n3cccc3)c2)c(OC)c1. The number of likely N-dealkylation sites (tertiary alicyclic amines) is 1. The number of amides is 1. The fourth-order valence-corrected chi connectivity index (χ4v) is 3.90. The van der Waals surface area contributed by atoms with Crippen LogP contribution in [0.2, 0.25) is 0 Å². The van der Waals surface area contributed by atoms with Gasteiger partial charge in [0.2, 0.25) is 0 Å². The summed E-state index contributed by atoms with van der Waals surface area (Å²) in [5.74, 6) is 1.55. The zero-order valence-electron chi connectivity index (χ0n) is 16.2. The van der Waals surface area contributed by atoms with E-state index in [9.17, 15) is 4.79 Å². The highest BCUT2D eigenvalue weighted by atomic mass is 16.5. The maximum atomic E-state index is 13.3. The average Bonchev–Trinajstić information content (AvgIpc) is 3.45. The summed E-state index contributed by atoms with van der Waals surface area (Å²) < 4.78 is 12.9. The molecule has 0 bridgehead atoms. The summed E-state index contributed by atoms with van der Waals surface area (Å²) in [6, 6.07) is 17.5. The van der Waals surface area contributed by atoms with Crippen molar-refractivity contribution in [1.82, 2.24) is 9.47 Å². The van der Waals surface area contributed by atoms with Crippen LogP contribution in [0.25, 0.3) is 5.69 Å². The van der Waals surface area contributed by atoms with Crippen molar-refractivity contribution in [2.24, 2.45) is 0 Å². The van der Waals surface area contributed by atoms with Crippen LogP contribution in [-0.4, -0.2) is 36.1 Å². The van der Waals surface area contributed by atoms with Gasteiger partial charge in [0.05, 0.1) is 20.3 Å². The third-order valence-corrected chi connectivity index (χ3v) is 5.31. The Bertz CT molecular complexity index is 966. The first-order chi connectivity index (χ1) is 13.7. The van der Waals surface area contributed by atoms with Gasteiger partial charge < -0.3 is 18.9 Å². The molecule has 144 valence electrons. The van der Waals surface area contributed by atoms with Gasteiger partial charge in [0, 0.05) is 41.8 Å². The molecule has 1 fully saturated rings. The molecule has 1 amide bonds. The van der Waals surface area contributed by atoms with Crippen molar-refractivity contribution in [3.8, 4) is 17.2 Å². The maximum Gasteiger partial charge on any atom is 0.254 e. The van der Waals surface area contributed by atoms with Crippen LogP contribution in [0, 0.1) is 0 Å². The Labute approximate surface area is 165 Å². The molecule has 2 aromatic carbocycles. The first kappa shape index (κ1) is 18.2. The highest BCUT2D eigenvalue weighted by Gasteiger charge is 2.32. The predicted octanol–water partition coefficient (Wildman–Crippen LogP) is 4.47. The van der Waals surface area contributed by atoms with Crippen LogP contribution >= 0.6 is 0 Å². The number of nitrogens with zero attached hydrogens (tertiary/aromatic N) is 2. The standard InChI is InChI=1S/C23H24N2O3/c1-27-19-10-11-20(22(16-19)28-2)21-9-6-14-25(21)23(26)17-7-5-8-18(15-17)24-12-3-4-13-24/h3-5,7-8,10-13,15-16,21H,6,9,14H2,1-2H3/t21-/m1/s1. The zero-order valence-corrected chi connectivity index (χ0v) is 16.2. The topological polar surface area (TPSA) is 43.7 Å². The fraction of sp³-hybridized carbons (Fsp3) is 0.261. The molecule has 5 nitrogen and oxygen atoms in total. The molecule has 28 heavy (non-hydrogen) atoms. The van der Waals surface area contributed by atoms with E-state index in [0.717, 1.165) is 42.1 Å². The van der Waals surface area contributed by atoms with Gasteiger partial charge in [0.1, 0.15) is 11.5 Å². The summed E-state index contributed by atoms with van der Waals surface area (Å²) in [5.41, 5.74) is 2.70.